The van der Waals surface area contributed by atoms with E-state index in [0.29, 0.717) is 70.1 Å². The van der Waals surface area contributed by atoms with Crippen molar-refractivity contribution < 1.29 is 32.3 Å². The van der Waals surface area contributed by atoms with Crippen LogP contribution in [0.3, 0.4) is 0 Å². The number of ether oxygens (including phenoxy) is 3. The van der Waals surface area contributed by atoms with Crippen molar-refractivity contribution in [3.8, 4) is 11.5 Å². The molecule has 9 heteroatoms. The molecule has 0 aromatic heterocycles. The fraction of sp³-hybridized carbons (Fsp3) is 0.650. The number of carbonyl (C=O) groups is 1. The Morgan fingerprint density at radius 3 is 2.21 bits per heavy atom. The van der Waals surface area contributed by atoms with Crippen LogP contribution in [0.25, 0.3) is 0 Å². The van der Waals surface area contributed by atoms with Crippen molar-refractivity contribution in [2.45, 2.75) is 40.2 Å². The van der Waals surface area contributed by atoms with E-state index >= 15 is 0 Å². The zero-order chi connectivity index (χ0) is 21.4. The molecule has 0 aliphatic rings. The van der Waals surface area contributed by atoms with Crippen molar-refractivity contribution in [2.24, 2.45) is 0 Å². The van der Waals surface area contributed by atoms with Crippen molar-refractivity contribution in [3.63, 3.8) is 0 Å². The molecule has 1 amide bonds. The van der Waals surface area contributed by atoms with E-state index in [0.717, 1.165) is 0 Å². The third kappa shape index (κ3) is 10.6. The summed E-state index contributed by atoms with van der Waals surface area (Å²) in [4.78, 5) is 12.0. The van der Waals surface area contributed by atoms with Gasteiger partial charge in [0.05, 0.1) is 6.61 Å². The summed E-state index contributed by atoms with van der Waals surface area (Å²) in [6, 6.07) is 7.57. The lowest BCUT2D eigenvalue weighted by Gasteiger charge is -2.28. The lowest BCUT2D eigenvalue weighted by Crippen LogP contribution is -2.46. The van der Waals surface area contributed by atoms with E-state index in [-0.39, 0.29) is 0 Å². The van der Waals surface area contributed by atoms with Crippen molar-refractivity contribution in [3.05, 3.63) is 24.3 Å². The minimum Gasteiger partial charge on any atom is -0.491 e. The molecule has 166 valence electrons. The van der Waals surface area contributed by atoms with Crippen molar-refractivity contribution >= 4 is 14.9 Å². The van der Waals surface area contributed by atoms with Crippen LogP contribution >= 0.6 is 0 Å². The summed E-state index contributed by atoms with van der Waals surface area (Å²) in [6.45, 7) is 11.3. The highest BCUT2D eigenvalue weighted by Crippen LogP contribution is 2.20. The summed E-state index contributed by atoms with van der Waals surface area (Å²) < 4.78 is 33.5. The van der Waals surface area contributed by atoms with Crippen molar-refractivity contribution in [1.82, 2.24) is 5.32 Å². The molecule has 0 aliphatic heterocycles. The van der Waals surface area contributed by atoms with Gasteiger partial charge in [0.25, 0.3) is 0 Å². The minimum absolute atomic E-state index is 0.415. The molecular weight excluding hydrogens is 394 g/mol. The van der Waals surface area contributed by atoms with E-state index in [2.05, 4.69) is 5.32 Å². The monoisotopic (exact) mass is 429 g/mol. The van der Waals surface area contributed by atoms with E-state index in [9.17, 15) is 4.79 Å². The number of carbonyl (C=O) groups excluding carboxylic acids is 1. The third-order valence-corrected chi connectivity index (χ3v) is 6.89. The molecular formula is C20H35NO7Si. The first-order valence-corrected chi connectivity index (χ1v) is 12.2. The maximum Gasteiger partial charge on any atom is 0.500 e. The Balaban J connectivity index is 2.41. The van der Waals surface area contributed by atoms with Gasteiger partial charge in [-0.15, -0.1) is 0 Å². The summed E-state index contributed by atoms with van der Waals surface area (Å²) in [5.74, 6) is 1.04. The molecule has 0 saturated heterocycles. The van der Waals surface area contributed by atoms with Crippen LogP contribution < -0.4 is 14.8 Å². The summed E-state index contributed by atoms with van der Waals surface area (Å²) in [5, 5.41) is 2.74. The van der Waals surface area contributed by atoms with Gasteiger partial charge in [0.1, 0.15) is 18.1 Å². The van der Waals surface area contributed by atoms with Crippen molar-refractivity contribution in [1.29, 1.82) is 0 Å². The Morgan fingerprint density at radius 1 is 0.931 bits per heavy atom. The van der Waals surface area contributed by atoms with Gasteiger partial charge >= 0.3 is 14.9 Å². The molecule has 1 rings (SSSR count). The Labute approximate surface area is 175 Å². The van der Waals surface area contributed by atoms with E-state index in [4.69, 9.17) is 27.5 Å². The molecule has 1 aromatic carbocycles. The third-order valence-electron chi connectivity index (χ3n) is 3.74. The summed E-state index contributed by atoms with van der Waals surface area (Å²) in [7, 11) is -2.69. The normalized spacial score (nSPS) is 11.3. The predicted octanol–water partition coefficient (Wildman–Crippen LogP) is 3.63. The van der Waals surface area contributed by atoms with E-state index in [1.807, 2.05) is 27.7 Å². The zero-order valence-electron chi connectivity index (χ0n) is 18.0. The Kier molecular flexibility index (Phi) is 13.3. The first-order valence-electron chi connectivity index (χ1n) is 10.3. The van der Waals surface area contributed by atoms with Crippen LogP contribution in [-0.2, 0) is 18.0 Å². The summed E-state index contributed by atoms with van der Waals surface area (Å²) in [6.07, 6.45) is 0.148. The smallest absolute Gasteiger partial charge is 0.491 e. The Morgan fingerprint density at radius 2 is 1.59 bits per heavy atom. The molecule has 0 atom stereocenters. The predicted molar refractivity (Wildman–Crippen MR) is 113 cm³/mol. The molecule has 0 radical (unpaired) electrons. The maximum absolute atomic E-state index is 12.0. The molecule has 0 aliphatic carbocycles. The molecule has 1 N–H and O–H groups in total. The van der Waals surface area contributed by atoms with Gasteiger partial charge in [-0.05, 0) is 46.2 Å². The number of hydrogen-bond acceptors (Lipinski definition) is 7. The maximum atomic E-state index is 12.0. The van der Waals surface area contributed by atoms with Gasteiger partial charge in [-0.25, -0.2) is 4.79 Å². The van der Waals surface area contributed by atoms with Crippen LogP contribution in [0.4, 0.5) is 4.79 Å². The zero-order valence-corrected chi connectivity index (χ0v) is 19.0. The molecule has 0 fully saturated rings. The Bertz CT molecular complexity index is 556. The fourth-order valence-corrected chi connectivity index (χ4v) is 5.24. The second-order valence-electron chi connectivity index (χ2n) is 5.92. The van der Waals surface area contributed by atoms with Crippen LogP contribution in [-0.4, -0.2) is 61.1 Å². The standard InChI is InChI=1S/C20H35NO7Si/c1-5-23-14-15-24-18-11-9-12-19(17-18)28-20(22)21-13-10-16-29(25-6-2,26-7-3)27-8-4/h9,11-12,17H,5-8,10,13-16H2,1-4H3,(H,21,22). The number of hydrogen-bond donors (Lipinski definition) is 1. The van der Waals surface area contributed by atoms with E-state index in [1.54, 1.807) is 24.3 Å². The second-order valence-corrected chi connectivity index (χ2v) is 8.65. The van der Waals surface area contributed by atoms with Crippen LogP contribution in [0.2, 0.25) is 6.04 Å². The number of nitrogens with one attached hydrogen (secondary N) is 1. The van der Waals surface area contributed by atoms with Crippen LogP contribution in [0.15, 0.2) is 24.3 Å². The molecule has 0 saturated carbocycles. The first kappa shape index (κ1) is 25.4. The molecule has 0 spiro atoms. The molecule has 8 nitrogen and oxygen atoms in total. The van der Waals surface area contributed by atoms with Gasteiger partial charge in [-0.1, -0.05) is 6.07 Å². The van der Waals surface area contributed by atoms with Crippen molar-refractivity contribution in [2.75, 3.05) is 46.2 Å². The number of amides is 1. The fourth-order valence-electron chi connectivity index (χ4n) is 2.63. The topological polar surface area (TPSA) is 84.5 Å². The number of benzene rings is 1. The second kappa shape index (κ2) is 15.2. The molecule has 0 heterocycles. The lowest BCUT2D eigenvalue weighted by molar-refractivity contribution is 0.0708. The largest absolute Gasteiger partial charge is 0.500 e. The van der Waals surface area contributed by atoms with Crippen LogP contribution in [0.1, 0.15) is 34.1 Å². The van der Waals surface area contributed by atoms with Gasteiger partial charge in [-0.3, -0.25) is 0 Å². The average Bonchev–Trinajstić information content (AvgIpc) is 2.70. The van der Waals surface area contributed by atoms with Gasteiger partial charge in [0.15, 0.2) is 0 Å². The van der Waals surface area contributed by atoms with Crippen LogP contribution in [0, 0.1) is 0 Å². The highest BCUT2D eigenvalue weighted by Gasteiger charge is 2.39. The molecule has 0 bridgehead atoms. The quantitative estimate of drug-likeness (QED) is 0.317. The minimum atomic E-state index is -2.69. The SMILES string of the molecule is CCOCCOc1cccc(OC(=O)NCCC[Si](OCC)(OCC)OCC)c1. The Hall–Kier alpha value is -1.65. The molecule has 29 heavy (non-hydrogen) atoms. The molecule has 0 unspecified atom stereocenters. The molecule has 1 aromatic rings. The van der Waals surface area contributed by atoms with E-state index < -0.39 is 14.9 Å². The van der Waals surface area contributed by atoms with Gasteiger partial charge in [0.2, 0.25) is 0 Å². The van der Waals surface area contributed by atoms with Gasteiger partial charge in [-0.2, -0.15) is 0 Å². The van der Waals surface area contributed by atoms with Gasteiger partial charge in [0, 0.05) is 45.1 Å². The first-order chi connectivity index (χ1) is 14.1. The van der Waals surface area contributed by atoms with Crippen LogP contribution in [0.5, 0.6) is 11.5 Å². The average molecular weight is 430 g/mol. The summed E-state index contributed by atoms with van der Waals surface area (Å²) >= 11 is 0. The highest BCUT2D eigenvalue weighted by atomic mass is 28.4. The lowest BCUT2D eigenvalue weighted by atomic mass is 10.3. The van der Waals surface area contributed by atoms with Gasteiger partial charge < -0.3 is 32.8 Å². The highest BCUT2D eigenvalue weighted by molar-refractivity contribution is 6.60. The summed E-state index contributed by atoms with van der Waals surface area (Å²) in [5.41, 5.74) is 0. The number of rotatable bonds is 16. The van der Waals surface area contributed by atoms with E-state index in [1.165, 1.54) is 0 Å².